The molecular formula is C21H23N3O2. The van der Waals surface area contributed by atoms with Gasteiger partial charge in [0.25, 0.3) is 0 Å². The smallest absolute Gasteiger partial charge is 0.226 e. The number of imidazole rings is 1. The van der Waals surface area contributed by atoms with Crippen LogP contribution in [0, 0.1) is 5.41 Å². The van der Waals surface area contributed by atoms with Gasteiger partial charge in [0, 0.05) is 12.8 Å². The van der Waals surface area contributed by atoms with Crippen molar-refractivity contribution >= 4 is 16.9 Å². The molecular weight excluding hydrogens is 326 g/mol. The molecule has 5 nitrogen and oxygen atoms in total. The fourth-order valence-electron chi connectivity index (χ4n) is 3.67. The largest absolute Gasteiger partial charge is 0.390 e. The molecule has 2 aromatic carbocycles. The normalized spacial score (nSPS) is 19.5. The maximum Gasteiger partial charge on any atom is 0.226 e. The quantitative estimate of drug-likeness (QED) is 0.678. The summed E-state index contributed by atoms with van der Waals surface area (Å²) in [4.78, 5) is 20.8. The molecule has 2 atom stereocenters. The molecule has 1 amide bonds. The van der Waals surface area contributed by atoms with E-state index in [0.717, 1.165) is 28.0 Å². The summed E-state index contributed by atoms with van der Waals surface area (Å²) in [6, 6.07) is 15.4. The van der Waals surface area contributed by atoms with E-state index in [-0.39, 0.29) is 11.9 Å². The number of rotatable bonds is 4. The Bertz CT molecular complexity index is 928. The number of carbonyl (C=O) groups excluding carboxylic acids is 1. The Kier molecular flexibility index (Phi) is 4.04. The topological polar surface area (TPSA) is 78.0 Å². The summed E-state index contributed by atoms with van der Waals surface area (Å²) < 4.78 is 0. The first kappa shape index (κ1) is 16.8. The molecule has 134 valence electrons. The summed E-state index contributed by atoms with van der Waals surface area (Å²) in [5, 5.41) is 13.4. The predicted molar refractivity (Wildman–Crippen MR) is 101 cm³/mol. The van der Waals surface area contributed by atoms with E-state index in [4.69, 9.17) is 0 Å². The Labute approximate surface area is 152 Å². The third-order valence-electron chi connectivity index (χ3n) is 5.15. The van der Waals surface area contributed by atoms with Crippen LogP contribution in [0.2, 0.25) is 0 Å². The summed E-state index contributed by atoms with van der Waals surface area (Å²) in [6.07, 6.45) is 0.488. The first-order valence-electron chi connectivity index (χ1n) is 8.94. The highest BCUT2D eigenvalue weighted by molar-refractivity contribution is 5.83. The van der Waals surface area contributed by atoms with Crippen LogP contribution in [0.4, 0.5) is 0 Å². The Hall–Kier alpha value is -2.66. The third kappa shape index (κ3) is 2.99. The molecule has 5 heteroatoms. The zero-order valence-corrected chi connectivity index (χ0v) is 15.0. The van der Waals surface area contributed by atoms with Gasteiger partial charge in [-0.2, -0.15) is 0 Å². The van der Waals surface area contributed by atoms with Crippen LogP contribution in [-0.4, -0.2) is 27.1 Å². The van der Waals surface area contributed by atoms with E-state index in [1.54, 1.807) is 0 Å². The number of benzene rings is 2. The molecule has 3 N–H and O–H groups in total. The minimum atomic E-state index is -0.648. The van der Waals surface area contributed by atoms with Gasteiger partial charge in [-0.3, -0.25) is 4.79 Å². The Morgan fingerprint density at radius 2 is 1.96 bits per heavy atom. The van der Waals surface area contributed by atoms with Crippen molar-refractivity contribution in [1.82, 2.24) is 15.3 Å². The number of carbonyl (C=O) groups is 1. The van der Waals surface area contributed by atoms with Gasteiger partial charge >= 0.3 is 0 Å². The fourth-order valence-corrected chi connectivity index (χ4v) is 3.67. The van der Waals surface area contributed by atoms with Crippen molar-refractivity contribution in [3.05, 3.63) is 65.5 Å². The van der Waals surface area contributed by atoms with Gasteiger partial charge in [0.1, 0.15) is 5.82 Å². The van der Waals surface area contributed by atoms with Crippen molar-refractivity contribution in [3.63, 3.8) is 0 Å². The number of nitrogens with one attached hydrogen (secondary N) is 2. The van der Waals surface area contributed by atoms with E-state index >= 15 is 0 Å². The van der Waals surface area contributed by atoms with E-state index < -0.39 is 11.5 Å². The number of aliphatic hydroxyl groups excluding tert-OH is 1. The number of aromatic amines is 1. The molecule has 1 aromatic heterocycles. The number of para-hydroxylation sites is 2. The maximum absolute atomic E-state index is 12.9. The average Bonchev–Trinajstić information content (AvgIpc) is 3.14. The zero-order chi connectivity index (χ0) is 18.3. The maximum atomic E-state index is 12.9. The molecule has 0 saturated carbocycles. The zero-order valence-electron chi connectivity index (χ0n) is 15.0. The second-order valence-corrected chi connectivity index (χ2v) is 7.68. The van der Waals surface area contributed by atoms with Crippen LogP contribution in [0.25, 0.3) is 11.0 Å². The molecule has 0 spiro atoms. The van der Waals surface area contributed by atoms with Crippen LogP contribution in [0.3, 0.4) is 0 Å². The van der Waals surface area contributed by atoms with E-state index in [1.807, 2.05) is 62.4 Å². The van der Waals surface area contributed by atoms with Gasteiger partial charge in [-0.25, -0.2) is 4.98 Å². The highest BCUT2D eigenvalue weighted by Gasteiger charge is 2.36. The predicted octanol–water partition coefficient (Wildman–Crippen LogP) is 2.91. The second kappa shape index (κ2) is 6.25. The minimum absolute atomic E-state index is 0.0845. The molecule has 3 aromatic rings. The van der Waals surface area contributed by atoms with Crippen LogP contribution in [-0.2, 0) is 17.6 Å². The molecule has 0 bridgehead atoms. The van der Waals surface area contributed by atoms with E-state index in [2.05, 4.69) is 15.3 Å². The number of amides is 1. The lowest BCUT2D eigenvalue weighted by atomic mass is 9.87. The minimum Gasteiger partial charge on any atom is -0.390 e. The van der Waals surface area contributed by atoms with Crippen LogP contribution in [0.5, 0.6) is 0 Å². The van der Waals surface area contributed by atoms with Gasteiger partial charge in [0.05, 0.1) is 28.6 Å². The molecule has 1 aliphatic carbocycles. The lowest BCUT2D eigenvalue weighted by Crippen LogP contribution is -2.43. The van der Waals surface area contributed by atoms with Crippen LogP contribution in [0.15, 0.2) is 48.5 Å². The summed E-state index contributed by atoms with van der Waals surface area (Å²) in [5.74, 6) is 0.706. The number of hydrogen-bond acceptors (Lipinski definition) is 3. The van der Waals surface area contributed by atoms with Crippen molar-refractivity contribution in [2.24, 2.45) is 5.41 Å². The van der Waals surface area contributed by atoms with Gasteiger partial charge in [-0.1, -0.05) is 50.2 Å². The van der Waals surface area contributed by atoms with Crippen molar-refractivity contribution in [2.75, 3.05) is 0 Å². The molecule has 0 radical (unpaired) electrons. The highest BCUT2D eigenvalue weighted by atomic mass is 16.3. The van der Waals surface area contributed by atoms with Gasteiger partial charge in [0.2, 0.25) is 5.91 Å². The number of nitrogens with zero attached hydrogens (tertiary/aromatic N) is 1. The second-order valence-electron chi connectivity index (χ2n) is 7.68. The van der Waals surface area contributed by atoms with Gasteiger partial charge in [-0.05, 0) is 23.3 Å². The molecule has 0 saturated heterocycles. The Balaban J connectivity index is 1.51. The Morgan fingerprint density at radius 3 is 2.77 bits per heavy atom. The fraction of sp³-hybridized carbons (Fsp3) is 0.333. The highest BCUT2D eigenvalue weighted by Crippen LogP contribution is 2.33. The van der Waals surface area contributed by atoms with Gasteiger partial charge < -0.3 is 15.4 Å². The first-order valence-corrected chi connectivity index (χ1v) is 8.94. The number of hydrogen-bond donors (Lipinski definition) is 3. The van der Waals surface area contributed by atoms with E-state index in [0.29, 0.717) is 12.8 Å². The van der Waals surface area contributed by atoms with Crippen LogP contribution >= 0.6 is 0 Å². The summed E-state index contributed by atoms with van der Waals surface area (Å²) in [7, 11) is 0. The number of aliphatic hydroxyl groups is 1. The summed E-state index contributed by atoms with van der Waals surface area (Å²) in [6.45, 7) is 3.81. The number of aromatic nitrogens is 2. The summed E-state index contributed by atoms with van der Waals surface area (Å²) >= 11 is 0. The number of fused-ring (bicyclic) bond motifs is 2. The van der Waals surface area contributed by atoms with E-state index in [9.17, 15) is 9.90 Å². The van der Waals surface area contributed by atoms with E-state index in [1.165, 1.54) is 0 Å². The lowest BCUT2D eigenvalue weighted by Gasteiger charge is -2.27. The molecule has 1 heterocycles. The molecule has 1 aliphatic rings. The standard InChI is InChI=1S/C21H23N3O2/c1-21(2,12-18-22-15-9-5-6-10-16(15)23-18)20(26)24-19-14-8-4-3-7-13(14)11-17(19)25/h3-10,17,19,25H,11-12H2,1-2H3,(H,22,23)(H,24,26)/t17-,19+/m1/s1. The number of H-pyrrole nitrogens is 1. The molecule has 0 fully saturated rings. The van der Waals surface area contributed by atoms with Crippen molar-refractivity contribution in [3.8, 4) is 0 Å². The average molecular weight is 349 g/mol. The first-order chi connectivity index (χ1) is 12.4. The lowest BCUT2D eigenvalue weighted by molar-refractivity contribution is -0.131. The molecule has 0 aliphatic heterocycles. The Morgan fingerprint density at radius 1 is 1.23 bits per heavy atom. The van der Waals surface area contributed by atoms with Gasteiger partial charge in [-0.15, -0.1) is 0 Å². The van der Waals surface area contributed by atoms with Crippen molar-refractivity contribution in [2.45, 2.75) is 38.8 Å². The van der Waals surface area contributed by atoms with Gasteiger partial charge in [0.15, 0.2) is 0 Å². The SMILES string of the molecule is CC(C)(Cc1nc2ccccc2[nH]1)C(=O)N[C@H]1c2ccccc2C[C@H]1O. The van der Waals surface area contributed by atoms with Crippen LogP contribution in [0.1, 0.15) is 36.8 Å². The molecule has 4 rings (SSSR count). The molecule has 26 heavy (non-hydrogen) atoms. The molecule has 0 unspecified atom stereocenters. The van der Waals surface area contributed by atoms with Crippen molar-refractivity contribution in [1.29, 1.82) is 0 Å². The van der Waals surface area contributed by atoms with Crippen LogP contribution < -0.4 is 5.32 Å². The summed E-state index contributed by atoms with van der Waals surface area (Å²) in [5.41, 5.74) is 3.33. The van der Waals surface area contributed by atoms with Crippen molar-refractivity contribution < 1.29 is 9.90 Å². The third-order valence-corrected chi connectivity index (χ3v) is 5.15. The monoisotopic (exact) mass is 349 g/mol.